The highest BCUT2D eigenvalue weighted by Crippen LogP contribution is 2.38. The summed E-state index contributed by atoms with van der Waals surface area (Å²) in [5.74, 6) is 1.89. The van der Waals surface area contributed by atoms with Gasteiger partial charge in [0.15, 0.2) is 0 Å². The summed E-state index contributed by atoms with van der Waals surface area (Å²) in [7, 11) is 1.65. The van der Waals surface area contributed by atoms with Gasteiger partial charge in [0.2, 0.25) is 0 Å². The minimum absolute atomic E-state index is 0.00982. The van der Waals surface area contributed by atoms with Crippen LogP contribution in [0.2, 0.25) is 0 Å². The number of fused-ring (bicyclic) bond motifs is 1. The molecule has 0 saturated heterocycles. The van der Waals surface area contributed by atoms with Gasteiger partial charge < -0.3 is 15.2 Å². The number of methoxy groups -OCH3 is 1. The summed E-state index contributed by atoms with van der Waals surface area (Å²) in [6.45, 7) is 0.646. The van der Waals surface area contributed by atoms with Gasteiger partial charge >= 0.3 is 5.69 Å². The summed E-state index contributed by atoms with van der Waals surface area (Å²) in [6.07, 6.45) is 5.46. The predicted molar refractivity (Wildman–Crippen MR) is 130 cm³/mol. The molecule has 1 aliphatic rings. The number of nitrogens with two attached hydrogens (primary N) is 1. The maximum Gasteiger partial charge on any atom is 0.350 e. The van der Waals surface area contributed by atoms with Gasteiger partial charge in [-0.05, 0) is 48.6 Å². The number of aromatic amines is 1. The van der Waals surface area contributed by atoms with Gasteiger partial charge in [0.1, 0.15) is 23.2 Å². The molecule has 4 N–H and O–H groups in total. The Labute approximate surface area is 201 Å². The number of amidine groups is 1. The minimum atomic E-state index is -0.427. The molecule has 35 heavy (non-hydrogen) atoms. The Bertz CT molecular complexity index is 1390. The van der Waals surface area contributed by atoms with E-state index in [1.165, 1.54) is 0 Å². The Hall–Kier alpha value is -4.47. The van der Waals surface area contributed by atoms with Crippen molar-refractivity contribution in [1.29, 1.82) is 5.41 Å². The van der Waals surface area contributed by atoms with Gasteiger partial charge in [0, 0.05) is 29.4 Å². The fraction of sp³-hybridized carbons (Fsp3) is 0.240. The molecule has 1 unspecified atom stereocenters. The molecule has 3 heterocycles. The van der Waals surface area contributed by atoms with Gasteiger partial charge in [0.25, 0.3) is 5.95 Å². The molecule has 0 bridgehead atoms. The number of nitrogens with one attached hydrogen (secondary N) is 2. The zero-order chi connectivity index (χ0) is 24.4. The second-order valence-electron chi connectivity index (χ2n) is 8.30. The molecule has 0 fully saturated rings. The lowest BCUT2D eigenvalue weighted by Crippen LogP contribution is -2.18. The van der Waals surface area contributed by atoms with Crippen molar-refractivity contribution in [2.75, 3.05) is 13.7 Å². The van der Waals surface area contributed by atoms with Crippen molar-refractivity contribution >= 4 is 5.84 Å². The van der Waals surface area contributed by atoms with Crippen molar-refractivity contribution in [3.05, 3.63) is 93.4 Å². The molecule has 2 aromatic heterocycles. The van der Waals surface area contributed by atoms with Crippen LogP contribution in [-0.2, 0) is 12.8 Å². The Morgan fingerprint density at radius 2 is 2.03 bits per heavy atom. The molecule has 5 rings (SSSR count). The van der Waals surface area contributed by atoms with Crippen LogP contribution in [-0.4, -0.2) is 44.3 Å². The van der Waals surface area contributed by atoms with Crippen molar-refractivity contribution in [1.82, 2.24) is 24.7 Å². The molecule has 2 aromatic carbocycles. The third-order valence-corrected chi connectivity index (χ3v) is 6.05. The van der Waals surface area contributed by atoms with Gasteiger partial charge in [-0.2, -0.15) is 0 Å². The maximum absolute atomic E-state index is 12.8. The van der Waals surface area contributed by atoms with E-state index >= 15 is 0 Å². The lowest BCUT2D eigenvalue weighted by Gasteiger charge is -2.23. The normalized spacial score (nSPS) is 13.5. The van der Waals surface area contributed by atoms with Gasteiger partial charge in [-0.3, -0.25) is 10.4 Å². The van der Waals surface area contributed by atoms with Crippen LogP contribution in [0.1, 0.15) is 40.4 Å². The lowest BCUT2D eigenvalue weighted by molar-refractivity contribution is 0.281. The molecule has 4 aromatic rings. The number of benzene rings is 2. The Morgan fingerprint density at radius 3 is 2.74 bits per heavy atom. The van der Waals surface area contributed by atoms with Crippen LogP contribution in [0.25, 0.3) is 5.95 Å². The van der Waals surface area contributed by atoms with Crippen LogP contribution in [0.4, 0.5) is 0 Å². The summed E-state index contributed by atoms with van der Waals surface area (Å²) in [4.78, 5) is 24.0. The third kappa shape index (κ3) is 4.50. The number of hydrogen-bond donors (Lipinski definition) is 3. The second kappa shape index (κ2) is 9.41. The molecule has 1 atom stereocenters. The number of rotatable bonds is 7. The summed E-state index contributed by atoms with van der Waals surface area (Å²) >= 11 is 0. The molecule has 0 amide bonds. The molecular formula is C25H25N7O3. The number of ether oxygens (including phenoxy) is 2. The van der Waals surface area contributed by atoms with Crippen molar-refractivity contribution in [2.45, 2.75) is 25.2 Å². The Morgan fingerprint density at radius 1 is 1.26 bits per heavy atom. The first-order valence-electron chi connectivity index (χ1n) is 11.3. The largest absolute Gasteiger partial charge is 0.496 e. The highest BCUT2D eigenvalue weighted by atomic mass is 16.5. The molecule has 0 radical (unpaired) electrons. The fourth-order valence-electron chi connectivity index (χ4n) is 4.29. The molecule has 10 heteroatoms. The first-order chi connectivity index (χ1) is 17.0. The first kappa shape index (κ1) is 22.3. The van der Waals surface area contributed by atoms with Crippen molar-refractivity contribution < 1.29 is 9.47 Å². The minimum Gasteiger partial charge on any atom is -0.496 e. The van der Waals surface area contributed by atoms with Gasteiger partial charge in [-0.25, -0.2) is 14.8 Å². The zero-order valence-corrected chi connectivity index (χ0v) is 19.2. The SMILES string of the molecule is COc1cc(C(Cc2ccc(C(=N)N)cc2)c2nn(-c3ncccn3)c(=O)[nH]2)cc2c1CCCO2. The predicted octanol–water partition coefficient (Wildman–Crippen LogP) is 2.34. The van der Waals surface area contributed by atoms with Crippen LogP contribution < -0.4 is 20.9 Å². The fourth-order valence-corrected chi connectivity index (χ4v) is 4.29. The molecule has 0 spiro atoms. The van der Waals surface area contributed by atoms with E-state index in [1.807, 2.05) is 36.4 Å². The molecule has 0 aliphatic carbocycles. The smallest absolute Gasteiger partial charge is 0.350 e. The van der Waals surface area contributed by atoms with Crippen LogP contribution in [0, 0.1) is 5.41 Å². The van der Waals surface area contributed by atoms with Crippen molar-refractivity contribution in [3.8, 4) is 17.4 Å². The van der Waals surface area contributed by atoms with Crippen LogP contribution in [0.5, 0.6) is 11.5 Å². The first-order valence-corrected chi connectivity index (χ1v) is 11.3. The van der Waals surface area contributed by atoms with E-state index in [4.69, 9.17) is 20.6 Å². The molecule has 1 aliphatic heterocycles. The van der Waals surface area contributed by atoms with Crippen LogP contribution in [0.3, 0.4) is 0 Å². The quantitative estimate of drug-likeness (QED) is 0.277. The van der Waals surface area contributed by atoms with Gasteiger partial charge in [-0.15, -0.1) is 9.78 Å². The standard InChI is InChI=1S/C25H25N7O3/c1-34-20-13-17(14-21-18(20)4-2-11-35-21)19(12-15-5-7-16(8-6-15)22(26)27)23-30-25(33)32(31-23)24-28-9-3-10-29-24/h3,5-10,13-14,19H,2,4,11-12H2,1H3,(H3,26,27)(H,30,31,33). The summed E-state index contributed by atoms with van der Waals surface area (Å²) in [6, 6.07) is 13.1. The second-order valence-corrected chi connectivity index (χ2v) is 8.30. The Kier molecular flexibility index (Phi) is 6.01. The number of hydrogen-bond acceptors (Lipinski definition) is 7. The van der Waals surface area contributed by atoms with Gasteiger partial charge in [0.05, 0.1) is 13.7 Å². The van der Waals surface area contributed by atoms with E-state index in [0.29, 0.717) is 24.4 Å². The number of nitrogens with zero attached hydrogens (tertiary/aromatic N) is 4. The van der Waals surface area contributed by atoms with E-state index in [0.717, 1.165) is 45.7 Å². The lowest BCUT2D eigenvalue weighted by atomic mass is 9.89. The zero-order valence-electron chi connectivity index (χ0n) is 19.2. The number of H-pyrrole nitrogens is 1. The molecule has 10 nitrogen and oxygen atoms in total. The van der Waals surface area contributed by atoms with E-state index < -0.39 is 5.69 Å². The highest BCUT2D eigenvalue weighted by molar-refractivity contribution is 5.94. The average Bonchev–Trinajstić information content (AvgIpc) is 3.28. The van der Waals surface area contributed by atoms with Crippen molar-refractivity contribution in [3.63, 3.8) is 0 Å². The summed E-state index contributed by atoms with van der Waals surface area (Å²) in [5.41, 5.74) is 8.76. The molecular weight excluding hydrogens is 446 g/mol. The average molecular weight is 472 g/mol. The summed E-state index contributed by atoms with van der Waals surface area (Å²) in [5, 5.41) is 12.2. The summed E-state index contributed by atoms with van der Waals surface area (Å²) < 4.78 is 12.8. The van der Waals surface area contributed by atoms with E-state index in [-0.39, 0.29) is 17.7 Å². The molecule has 178 valence electrons. The number of aromatic nitrogens is 5. The highest BCUT2D eigenvalue weighted by Gasteiger charge is 2.25. The van der Waals surface area contributed by atoms with Crippen molar-refractivity contribution in [2.24, 2.45) is 5.73 Å². The molecule has 0 saturated carbocycles. The topological polar surface area (TPSA) is 145 Å². The monoisotopic (exact) mass is 471 g/mol. The number of nitrogen functional groups attached to an aromatic ring is 1. The van der Waals surface area contributed by atoms with E-state index in [9.17, 15) is 4.79 Å². The van der Waals surface area contributed by atoms with Gasteiger partial charge in [-0.1, -0.05) is 24.3 Å². The van der Waals surface area contributed by atoms with E-state index in [1.54, 1.807) is 25.6 Å². The third-order valence-electron chi connectivity index (χ3n) is 6.05. The Balaban J connectivity index is 1.60. The van der Waals surface area contributed by atoms with E-state index in [2.05, 4.69) is 20.1 Å². The maximum atomic E-state index is 12.8. The van der Waals surface area contributed by atoms with Crippen LogP contribution in [0.15, 0.2) is 59.7 Å². The van der Waals surface area contributed by atoms with Crippen LogP contribution >= 0.6 is 0 Å².